The summed E-state index contributed by atoms with van der Waals surface area (Å²) in [7, 11) is 0. The number of furan rings is 1. The Morgan fingerprint density at radius 2 is 2.11 bits per heavy atom. The Kier molecular flexibility index (Phi) is 2.47. The summed E-state index contributed by atoms with van der Waals surface area (Å²) in [6.07, 6.45) is 2.48. The number of benzene rings is 1. The molecule has 1 amide bonds. The van der Waals surface area contributed by atoms with E-state index in [2.05, 4.69) is 13.0 Å². The molecular formula is C15H15NO2. The van der Waals surface area contributed by atoms with Crippen molar-refractivity contribution in [2.24, 2.45) is 0 Å². The zero-order valence-corrected chi connectivity index (χ0v) is 10.5. The highest BCUT2D eigenvalue weighted by Crippen LogP contribution is 2.33. The maximum absolute atomic E-state index is 12.6. The molecule has 0 bridgehead atoms. The van der Waals surface area contributed by atoms with Crippen molar-refractivity contribution in [1.29, 1.82) is 0 Å². The van der Waals surface area contributed by atoms with E-state index in [1.807, 2.05) is 30.0 Å². The van der Waals surface area contributed by atoms with Gasteiger partial charge in [0.25, 0.3) is 5.91 Å². The lowest BCUT2D eigenvalue weighted by molar-refractivity contribution is 0.0980. The normalized spacial score (nSPS) is 17.9. The van der Waals surface area contributed by atoms with E-state index in [9.17, 15) is 4.79 Å². The Morgan fingerprint density at radius 3 is 2.83 bits per heavy atom. The lowest BCUT2D eigenvalue weighted by atomic mass is 10.1. The molecule has 1 aromatic heterocycles. The van der Waals surface area contributed by atoms with Gasteiger partial charge in [-0.1, -0.05) is 18.2 Å². The van der Waals surface area contributed by atoms with E-state index < -0.39 is 0 Å². The van der Waals surface area contributed by atoms with Gasteiger partial charge in [0.15, 0.2) is 0 Å². The molecule has 2 aromatic rings. The highest BCUT2D eigenvalue weighted by atomic mass is 16.3. The molecule has 1 atom stereocenters. The van der Waals surface area contributed by atoms with E-state index in [4.69, 9.17) is 4.42 Å². The fourth-order valence-corrected chi connectivity index (χ4v) is 2.61. The average Bonchev–Trinajstić information content (AvgIpc) is 2.91. The van der Waals surface area contributed by atoms with Gasteiger partial charge >= 0.3 is 0 Å². The van der Waals surface area contributed by atoms with E-state index in [1.165, 1.54) is 5.56 Å². The van der Waals surface area contributed by atoms with Gasteiger partial charge in [-0.15, -0.1) is 0 Å². The fraction of sp³-hybridized carbons (Fsp3) is 0.267. The standard InChI is InChI=1S/C15H15NO2/c1-10-9-12-5-3-4-6-14(12)16(10)15(17)13-7-8-18-11(13)2/h3-8,10H,9H2,1-2H3/t10-/m1/s1. The maximum atomic E-state index is 12.6. The van der Waals surface area contributed by atoms with Crippen LogP contribution in [-0.2, 0) is 6.42 Å². The minimum absolute atomic E-state index is 0.0266. The number of aryl methyl sites for hydroxylation is 1. The molecule has 0 unspecified atom stereocenters. The second-order valence-corrected chi connectivity index (χ2v) is 4.75. The summed E-state index contributed by atoms with van der Waals surface area (Å²) < 4.78 is 5.22. The average molecular weight is 241 g/mol. The Labute approximate surface area is 106 Å². The Bertz CT molecular complexity index is 600. The van der Waals surface area contributed by atoms with Crippen molar-refractivity contribution in [2.75, 3.05) is 4.90 Å². The van der Waals surface area contributed by atoms with E-state index in [0.29, 0.717) is 11.3 Å². The smallest absolute Gasteiger partial charge is 0.262 e. The summed E-state index contributed by atoms with van der Waals surface area (Å²) in [6.45, 7) is 3.90. The Balaban J connectivity index is 2.03. The number of fused-ring (bicyclic) bond motifs is 1. The lowest BCUT2D eigenvalue weighted by Crippen LogP contribution is -2.35. The Morgan fingerprint density at radius 1 is 1.33 bits per heavy atom. The third-order valence-electron chi connectivity index (χ3n) is 3.52. The van der Waals surface area contributed by atoms with Gasteiger partial charge in [-0.25, -0.2) is 0 Å². The summed E-state index contributed by atoms with van der Waals surface area (Å²) in [6, 6.07) is 10.0. The van der Waals surface area contributed by atoms with Crippen LogP contribution in [0.25, 0.3) is 0 Å². The van der Waals surface area contributed by atoms with Crippen molar-refractivity contribution in [3.63, 3.8) is 0 Å². The monoisotopic (exact) mass is 241 g/mol. The zero-order chi connectivity index (χ0) is 12.7. The first-order valence-electron chi connectivity index (χ1n) is 6.14. The van der Waals surface area contributed by atoms with Gasteiger partial charge in [0.1, 0.15) is 5.76 Å². The van der Waals surface area contributed by atoms with Crippen LogP contribution in [0.1, 0.15) is 28.6 Å². The molecule has 1 aromatic carbocycles. The fourth-order valence-electron chi connectivity index (χ4n) is 2.61. The summed E-state index contributed by atoms with van der Waals surface area (Å²) >= 11 is 0. The first-order chi connectivity index (χ1) is 8.68. The molecule has 1 aliphatic rings. The van der Waals surface area contributed by atoms with Gasteiger partial charge in [-0.05, 0) is 38.0 Å². The van der Waals surface area contributed by atoms with Gasteiger partial charge in [0.2, 0.25) is 0 Å². The van der Waals surface area contributed by atoms with Crippen LogP contribution in [0.2, 0.25) is 0 Å². The highest BCUT2D eigenvalue weighted by molar-refractivity contribution is 6.08. The van der Waals surface area contributed by atoms with E-state index in [1.54, 1.807) is 12.3 Å². The summed E-state index contributed by atoms with van der Waals surface area (Å²) in [5.41, 5.74) is 2.91. The molecule has 0 radical (unpaired) electrons. The molecule has 2 heterocycles. The van der Waals surface area contributed by atoms with Crippen LogP contribution in [0.5, 0.6) is 0 Å². The van der Waals surface area contributed by atoms with Crippen molar-refractivity contribution in [2.45, 2.75) is 26.3 Å². The molecule has 1 aliphatic heterocycles. The number of hydrogen-bond donors (Lipinski definition) is 0. The van der Waals surface area contributed by atoms with Crippen LogP contribution in [0.3, 0.4) is 0 Å². The van der Waals surface area contributed by atoms with E-state index >= 15 is 0 Å². The minimum atomic E-state index is 0.0266. The van der Waals surface area contributed by atoms with E-state index in [0.717, 1.165) is 12.1 Å². The largest absolute Gasteiger partial charge is 0.469 e. The number of rotatable bonds is 1. The number of hydrogen-bond acceptors (Lipinski definition) is 2. The van der Waals surface area contributed by atoms with Crippen molar-refractivity contribution >= 4 is 11.6 Å². The summed E-state index contributed by atoms with van der Waals surface area (Å²) in [5.74, 6) is 0.704. The molecule has 3 rings (SSSR count). The molecule has 0 saturated heterocycles. The molecule has 0 aliphatic carbocycles. The molecule has 3 nitrogen and oxygen atoms in total. The summed E-state index contributed by atoms with van der Waals surface area (Å²) in [4.78, 5) is 14.4. The topological polar surface area (TPSA) is 33.5 Å². The lowest BCUT2D eigenvalue weighted by Gasteiger charge is -2.22. The highest BCUT2D eigenvalue weighted by Gasteiger charge is 2.32. The molecule has 0 fully saturated rings. The molecule has 18 heavy (non-hydrogen) atoms. The van der Waals surface area contributed by atoms with Crippen LogP contribution in [0, 0.1) is 6.92 Å². The predicted molar refractivity (Wildman–Crippen MR) is 69.9 cm³/mol. The molecule has 0 saturated carbocycles. The van der Waals surface area contributed by atoms with Gasteiger partial charge in [0, 0.05) is 11.7 Å². The van der Waals surface area contributed by atoms with Crippen molar-refractivity contribution in [3.8, 4) is 0 Å². The van der Waals surface area contributed by atoms with Crippen LogP contribution in [0.4, 0.5) is 5.69 Å². The number of carbonyl (C=O) groups excluding carboxylic acids is 1. The third-order valence-corrected chi connectivity index (χ3v) is 3.52. The number of anilines is 1. The quantitative estimate of drug-likeness (QED) is 0.768. The SMILES string of the molecule is Cc1occc1C(=O)N1c2ccccc2C[C@H]1C. The number of nitrogens with zero attached hydrogens (tertiary/aromatic N) is 1. The number of amides is 1. The van der Waals surface area contributed by atoms with Crippen LogP contribution in [0.15, 0.2) is 41.0 Å². The second-order valence-electron chi connectivity index (χ2n) is 4.75. The molecule has 0 N–H and O–H groups in total. The van der Waals surface area contributed by atoms with Gasteiger partial charge in [-0.3, -0.25) is 4.79 Å². The first kappa shape index (κ1) is 11.1. The zero-order valence-electron chi connectivity index (χ0n) is 10.5. The Hall–Kier alpha value is -2.03. The third kappa shape index (κ3) is 1.55. The minimum Gasteiger partial charge on any atom is -0.469 e. The second kappa shape index (κ2) is 4.02. The first-order valence-corrected chi connectivity index (χ1v) is 6.14. The molecule has 0 spiro atoms. The van der Waals surface area contributed by atoms with Gasteiger partial charge < -0.3 is 9.32 Å². The van der Waals surface area contributed by atoms with Crippen LogP contribution >= 0.6 is 0 Å². The molecule has 92 valence electrons. The van der Waals surface area contributed by atoms with E-state index in [-0.39, 0.29) is 11.9 Å². The van der Waals surface area contributed by atoms with Crippen LogP contribution in [-0.4, -0.2) is 11.9 Å². The number of para-hydroxylation sites is 1. The maximum Gasteiger partial charge on any atom is 0.262 e. The van der Waals surface area contributed by atoms with Crippen molar-refractivity contribution < 1.29 is 9.21 Å². The predicted octanol–water partition coefficient (Wildman–Crippen LogP) is 3.18. The van der Waals surface area contributed by atoms with Crippen molar-refractivity contribution in [1.82, 2.24) is 0 Å². The summed E-state index contributed by atoms with van der Waals surface area (Å²) in [5, 5.41) is 0. The van der Waals surface area contributed by atoms with Gasteiger partial charge in [-0.2, -0.15) is 0 Å². The number of carbonyl (C=O) groups is 1. The molecule has 3 heteroatoms. The van der Waals surface area contributed by atoms with Gasteiger partial charge in [0.05, 0.1) is 11.8 Å². The molecular weight excluding hydrogens is 226 g/mol. The van der Waals surface area contributed by atoms with Crippen molar-refractivity contribution in [3.05, 3.63) is 53.5 Å². The van der Waals surface area contributed by atoms with Crippen LogP contribution < -0.4 is 4.90 Å².